The van der Waals surface area contributed by atoms with Crippen molar-refractivity contribution in [1.29, 1.82) is 0 Å². The van der Waals surface area contributed by atoms with Crippen LogP contribution < -0.4 is 5.43 Å². The molecule has 0 fully saturated rings. The van der Waals surface area contributed by atoms with E-state index < -0.39 is 0 Å². The Morgan fingerprint density at radius 2 is 2.00 bits per heavy atom. The van der Waals surface area contributed by atoms with Gasteiger partial charge in [0.2, 0.25) is 5.43 Å². The van der Waals surface area contributed by atoms with Crippen LogP contribution in [0.15, 0.2) is 35.3 Å². The molecule has 0 saturated carbocycles. The molecule has 60 valence electrons. The van der Waals surface area contributed by atoms with E-state index in [2.05, 4.69) is 4.98 Å². The van der Waals surface area contributed by atoms with Gasteiger partial charge in [0.15, 0.2) is 0 Å². The second-order valence-electron chi connectivity index (χ2n) is 2.84. The number of hydrogen-bond donors (Lipinski definition) is 1. The quantitative estimate of drug-likeness (QED) is 0.625. The number of rotatable bonds is 0. The average Bonchev–Trinajstić information content (AvgIpc) is 2.30. The predicted octanol–water partition coefficient (Wildman–Crippen LogP) is 1.84. The molecule has 0 aliphatic heterocycles. The zero-order chi connectivity index (χ0) is 8.55. The van der Waals surface area contributed by atoms with E-state index in [1.165, 1.54) is 0 Å². The summed E-state index contributed by atoms with van der Waals surface area (Å²) in [4.78, 5) is 14.3. The predicted molar refractivity (Wildman–Crippen MR) is 49.3 cm³/mol. The van der Waals surface area contributed by atoms with Crippen LogP contribution in [-0.4, -0.2) is 4.98 Å². The Labute approximate surface area is 69.9 Å². The Morgan fingerprint density at radius 1 is 1.25 bits per heavy atom. The number of hydrogen-bond acceptors (Lipinski definition) is 1. The van der Waals surface area contributed by atoms with Crippen LogP contribution in [0, 0.1) is 6.92 Å². The topological polar surface area (TPSA) is 32.9 Å². The summed E-state index contributed by atoms with van der Waals surface area (Å²) >= 11 is 0. The Morgan fingerprint density at radius 3 is 2.83 bits per heavy atom. The highest BCUT2D eigenvalue weighted by molar-refractivity contribution is 5.81. The lowest BCUT2D eigenvalue weighted by Crippen LogP contribution is -1.93. The molecule has 2 aromatic rings. The summed E-state index contributed by atoms with van der Waals surface area (Å²) in [6.07, 6.45) is 1.85. The van der Waals surface area contributed by atoms with E-state index in [1.54, 1.807) is 12.1 Å². The fourth-order valence-electron chi connectivity index (χ4n) is 1.33. The minimum absolute atomic E-state index is 0.0445. The SMILES string of the molecule is Cc1c[nH]c2c(=O)ccccc12. The minimum Gasteiger partial charge on any atom is -0.358 e. The second kappa shape index (κ2) is 2.48. The molecule has 0 aliphatic carbocycles. The lowest BCUT2D eigenvalue weighted by Gasteiger charge is -1.80. The van der Waals surface area contributed by atoms with E-state index in [9.17, 15) is 4.79 Å². The molecule has 2 nitrogen and oxygen atoms in total. The van der Waals surface area contributed by atoms with Crippen molar-refractivity contribution in [2.45, 2.75) is 6.92 Å². The van der Waals surface area contributed by atoms with Gasteiger partial charge in [-0.1, -0.05) is 18.2 Å². The summed E-state index contributed by atoms with van der Waals surface area (Å²) in [6, 6.07) is 7.15. The van der Waals surface area contributed by atoms with Crippen LogP contribution in [0.5, 0.6) is 0 Å². The first-order chi connectivity index (χ1) is 5.79. The normalized spacial score (nSPS) is 10.4. The van der Waals surface area contributed by atoms with Crippen LogP contribution in [0.25, 0.3) is 10.9 Å². The Kier molecular flexibility index (Phi) is 1.47. The van der Waals surface area contributed by atoms with Crippen molar-refractivity contribution in [2.24, 2.45) is 0 Å². The maximum atomic E-state index is 11.4. The first-order valence-electron chi connectivity index (χ1n) is 3.86. The zero-order valence-electron chi connectivity index (χ0n) is 6.79. The van der Waals surface area contributed by atoms with E-state index in [1.807, 2.05) is 25.3 Å². The molecule has 1 aromatic carbocycles. The van der Waals surface area contributed by atoms with E-state index >= 15 is 0 Å². The first kappa shape index (κ1) is 7.10. The van der Waals surface area contributed by atoms with Crippen LogP contribution in [0.4, 0.5) is 0 Å². The molecule has 2 rings (SSSR count). The monoisotopic (exact) mass is 159 g/mol. The Bertz CT molecular complexity index is 470. The van der Waals surface area contributed by atoms with Crippen LogP contribution in [-0.2, 0) is 0 Å². The summed E-state index contributed by atoms with van der Waals surface area (Å²) in [5, 5.41) is 1.00. The molecular weight excluding hydrogens is 150 g/mol. The average molecular weight is 159 g/mol. The smallest absolute Gasteiger partial charge is 0.202 e. The number of fused-ring (bicyclic) bond motifs is 1. The van der Waals surface area contributed by atoms with Crippen LogP contribution in [0.3, 0.4) is 0 Å². The fourth-order valence-corrected chi connectivity index (χ4v) is 1.33. The van der Waals surface area contributed by atoms with Gasteiger partial charge in [0, 0.05) is 11.6 Å². The second-order valence-corrected chi connectivity index (χ2v) is 2.84. The number of nitrogens with one attached hydrogen (secondary N) is 1. The molecular formula is C10H9NO. The molecule has 1 aromatic heterocycles. The van der Waals surface area contributed by atoms with Gasteiger partial charge in [0.25, 0.3) is 0 Å². The standard InChI is InChI=1S/C10H9NO/c1-7-6-11-10-8(7)4-2-3-5-9(10)12/h2-6,11H,1H3. The molecule has 0 radical (unpaired) electrons. The summed E-state index contributed by atoms with van der Waals surface area (Å²) in [5.41, 5.74) is 1.85. The van der Waals surface area contributed by atoms with Crippen molar-refractivity contribution in [3.05, 3.63) is 46.2 Å². The lowest BCUT2D eigenvalue weighted by molar-refractivity contribution is 1.41. The molecule has 0 amide bonds. The molecule has 1 heterocycles. The minimum atomic E-state index is 0.0445. The number of H-pyrrole nitrogens is 1. The van der Waals surface area contributed by atoms with Crippen LogP contribution >= 0.6 is 0 Å². The van der Waals surface area contributed by atoms with Crippen molar-refractivity contribution < 1.29 is 0 Å². The fraction of sp³-hybridized carbons (Fsp3) is 0.100. The maximum absolute atomic E-state index is 11.4. The molecule has 0 unspecified atom stereocenters. The van der Waals surface area contributed by atoms with E-state index in [0.29, 0.717) is 5.52 Å². The van der Waals surface area contributed by atoms with E-state index in [0.717, 1.165) is 10.9 Å². The number of aryl methyl sites for hydroxylation is 1. The Balaban J connectivity index is 3.08. The molecule has 1 N–H and O–H groups in total. The maximum Gasteiger partial charge on any atom is 0.202 e. The summed E-state index contributed by atoms with van der Waals surface area (Å²) in [6.45, 7) is 1.98. The lowest BCUT2D eigenvalue weighted by atomic mass is 10.2. The highest BCUT2D eigenvalue weighted by atomic mass is 16.1. The summed E-state index contributed by atoms with van der Waals surface area (Å²) in [5.74, 6) is 0. The number of aromatic nitrogens is 1. The van der Waals surface area contributed by atoms with Gasteiger partial charge in [-0.25, -0.2) is 0 Å². The van der Waals surface area contributed by atoms with E-state index in [-0.39, 0.29) is 5.43 Å². The van der Waals surface area contributed by atoms with Gasteiger partial charge in [-0.15, -0.1) is 0 Å². The third kappa shape index (κ3) is 0.925. The molecule has 12 heavy (non-hydrogen) atoms. The van der Waals surface area contributed by atoms with Crippen molar-refractivity contribution in [1.82, 2.24) is 4.98 Å². The van der Waals surface area contributed by atoms with Gasteiger partial charge in [-0.05, 0) is 18.6 Å². The van der Waals surface area contributed by atoms with Gasteiger partial charge < -0.3 is 4.98 Å². The van der Waals surface area contributed by atoms with Gasteiger partial charge in [-0.2, -0.15) is 0 Å². The molecule has 0 atom stereocenters. The highest BCUT2D eigenvalue weighted by Crippen LogP contribution is 2.11. The van der Waals surface area contributed by atoms with Crippen molar-refractivity contribution in [2.75, 3.05) is 0 Å². The van der Waals surface area contributed by atoms with Crippen LogP contribution in [0.2, 0.25) is 0 Å². The van der Waals surface area contributed by atoms with Crippen LogP contribution in [0.1, 0.15) is 5.56 Å². The van der Waals surface area contributed by atoms with Crippen molar-refractivity contribution in [3.63, 3.8) is 0 Å². The molecule has 0 aliphatic rings. The van der Waals surface area contributed by atoms with Gasteiger partial charge in [-0.3, -0.25) is 4.79 Å². The Hall–Kier alpha value is -1.57. The zero-order valence-corrected chi connectivity index (χ0v) is 6.79. The third-order valence-corrected chi connectivity index (χ3v) is 2.00. The summed E-state index contributed by atoms with van der Waals surface area (Å²) < 4.78 is 0. The molecule has 0 spiro atoms. The largest absolute Gasteiger partial charge is 0.358 e. The summed E-state index contributed by atoms with van der Waals surface area (Å²) in [7, 11) is 0. The highest BCUT2D eigenvalue weighted by Gasteiger charge is 1.98. The first-order valence-corrected chi connectivity index (χ1v) is 3.86. The van der Waals surface area contributed by atoms with Crippen molar-refractivity contribution in [3.8, 4) is 0 Å². The molecule has 0 saturated heterocycles. The molecule has 0 bridgehead atoms. The third-order valence-electron chi connectivity index (χ3n) is 2.00. The van der Waals surface area contributed by atoms with Crippen molar-refractivity contribution >= 4 is 10.9 Å². The number of aromatic amines is 1. The van der Waals surface area contributed by atoms with Gasteiger partial charge >= 0.3 is 0 Å². The molecule has 2 heteroatoms. The van der Waals surface area contributed by atoms with E-state index in [4.69, 9.17) is 0 Å². The van der Waals surface area contributed by atoms with Gasteiger partial charge in [0.05, 0.1) is 5.52 Å². The van der Waals surface area contributed by atoms with Gasteiger partial charge in [0.1, 0.15) is 0 Å².